The van der Waals surface area contributed by atoms with E-state index in [0.29, 0.717) is 5.92 Å². The van der Waals surface area contributed by atoms with E-state index in [1.54, 1.807) is 11.3 Å². The van der Waals surface area contributed by atoms with Crippen LogP contribution >= 0.6 is 11.3 Å². The molecule has 1 aliphatic rings. The van der Waals surface area contributed by atoms with Crippen LogP contribution in [0.25, 0.3) is 0 Å². The zero-order valence-corrected chi connectivity index (χ0v) is 12.8. The molecule has 4 heteroatoms. The summed E-state index contributed by atoms with van der Waals surface area (Å²) in [5.74, 6) is 0.547. The first-order valence-corrected chi connectivity index (χ1v) is 7.86. The lowest BCUT2D eigenvalue weighted by atomic mass is 9.97. The molecule has 1 amide bonds. The molecule has 1 fully saturated rings. The smallest absolute Gasteiger partial charge is 0.408 e. The molecule has 1 aromatic rings. The molecule has 1 N–H and O–H groups in total. The van der Waals surface area contributed by atoms with Crippen molar-refractivity contribution in [3.8, 4) is 0 Å². The fourth-order valence-corrected chi connectivity index (χ4v) is 3.48. The van der Waals surface area contributed by atoms with E-state index in [4.69, 9.17) is 4.74 Å². The van der Waals surface area contributed by atoms with Crippen LogP contribution in [-0.4, -0.2) is 11.7 Å². The molecular weight excluding hydrogens is 258 g/mol. The Balaban J connectivity index is 2.04. The van der Waals surface area contributed by atoms with E-state index in [2.05, 4.69) is 16.8 Å². The Morgan fingerprint density at radius 2 is 2.11 bits per heavy atom. The van der Waals surface area contributed by atoms with Crippen molar-refractivity contribution in [3.05, 3.63) is 22.4 Å². The fourth-order valence-electron chi connectivity index (χ4n) is 2.61. The molecule has 0 saturated heterocycles. The van der Waals surface area contributed by atoms with Crippen molar-refractivity contribution in [1.29, 1.82) is 0 Å². The van der Waals surface area contributed by atoms with Crippen LogP contribution in [0, 0.1) is 5.92 Å². The maximum atomic E-state index is 12.0. The first-order valence-electron chi connectivity index (χ1n) is 6.98. The molecule has 0 spiro atoms. The number of carbonyl (C=O) groups is 1. The summed E-state index contributed by atoms with van der Waals surface area (Å²) in [5.41, 5.74) is -0.445. The third kappa shape index (κ3) is 4.23. The van der Waals surface area contributed by atoms with Gasteiger partial charge in [0.25, 0.3) is 0 Å². The summed E-state index contributed by atoms with van der Waals surface area (Å²) in [6.45, 7) is 5.67. The van der Waals surface area contributed by atoms with Gasteiger partial charge in [-0.05, 0) is 51.0 Å². The summed E-state index contributed by atoms with van der Waals surface area (Å²) < 4.78 is 5.38. The molecule has 106 valence electrons. The van der Waals surface area contributed by atoms with E-state index >= 15 is 0 Å². The van der Waals surface area contributed by atoms with Crippen molar-refractivity contribution >= 4 is 17.4 Å². The molecule has 0 aliphatic heterocycles. The molecule has 1 aliphatic carbocycles. The highest BCUT2D eigenvalue weighted by Crippen LogP contribution is 2.37. The predicted molar refractivity (Wildman–Crippen MR) is 78.4 cm³/mol. The molecule has 0 aromatic carbocycles. The predicted octanol–water partition coefficient (Wildman–Crippen LogP) is 4.50. The minimum Gasteiger partial charge on any atom is -0.444 e. The van der Waals surface area contributed by atoms with E-state index in [9.17, 15) is 4.79 Å². The zero-order valence-electron chi connectivity index (χ0n) is 11.9. The highest BCUT2D eigenvalue weighted by atomic mass is 32.1. The molecule has 2 rings (SSSR count). The SMILES string of the molecule is CC(C)(C)OC(=O)NC(c1cccs1)C1CCCC1. The van der Waals surface area contributed by atoms with Crippen LogP contribution in [0.4, 0.5) is 4.79 Å². The van der Waals surface area contributed by atoms with Gasteiger partial charge in [-0.1, -0.05) is 18.9 Å². The molecule has 1 atom stereocenters. The highest BCUT2D eigenvalue weighted by molar-refractivity contribution is 7.10. The van der Waals surface area contributed by atoms with E-state index in [1.165, 1.54) is 30.6 Å². The molecule has 1 saturated carbocycles. The molecule has 1 aromatic heterocycles. The average Bonchev–Trinajstić information content (AvgIpc) is 2.97. The first kappa shape index (κ1) is 14.4. The summed E-state index contributed by atoms with van der Waals surface area (Å²) in [4.78, 5) is 13.2. The number of hydrogen-bond donors (Lipinski definition) is 1. The van der Waals surface area contributed by atoms with Crippen LogP contribution in [0.15, 0.2) is 17.5 Å². The normalized spacial score (nSPS) is 18.3. The maximum absolute atomic E-state index is 12.0. The number of carbonyl (C=O) groups excluding carboxylic acids is 1. The molecule has 1 heterocycles. The molecule has 0 radical (unpaired) electrons. The second-order valence-corrected chi connectivity index (χ2v) is 7.16. The monoisotopic (exact) mass is 281 g/mol. The van der Waals surface area contributed by atoms with E-state index in [-0.39, 0.29) is 12.1 Å². The van der Waals surface area contributed by atoms with E-state index < -0.39 is 5.60 Å². The molecular formula is C15H23NO2S. The Morgan fingerprint density at radius 3 is 2.63 bits per heavy atom. The van der Waals surface area contributed by atoms with Gasteiger partial charge in [-0.2, -0.15) is 0 Å². The number of ether oxygens (including phenoxy) is 1. The standard InChI is InChI=1S/C15H23NO2S/c1-15(2,3)18-14(17)16-13(11-7-4-5-8-11)12-9-6-10-19-12/h6,9-11,13H,4-5,7-8H2,1-3H3,(H,16,17). The van der Waals surface area contributed by atoms with Crippen molar-refractivity contribution in [2.45, 2.75) is 58.1 Å². The summed E-state index contributed by atoms with van der Waals surface area (Å²) in [6, 6.07) is 4.25. The second kappa shape index (κ2) is 5.95. The average molecular weight is 281 g/mol. The van der Waals surface area contributed by atoms with Crippen molar-refractivity contribution in [3.63, 3.8) is 0 Å². The van der Waals surface area contributed by atoms with Crippen molar-refractivity contribution in [2.24, 2.45) is 5.92 Å². The number of amides is 1. The molecule has 3 nitrogen and oxygen atoms in total. The van der Waals surface area contributed by atoms with Gasteiger partial charge in [0.15, 0.2) is 0 Å². The van der Waals surface area contributed by atoms with E-state index in [0.717, 1.165) is 0 Å². The number of hydrogen-bond acceptors (Lipinski definition) is 3. The number of rotatable bonds is 3. The maximum Gasteiger partial charge on any atom is 0.408 e. The van der Waals surface area contributed by atoms with Gasteiger partial charge in [0.1, 0.15) is 5.60 Å². The van der Waals surface area contributed by atoms with Crippen molar-refractivity contribution in [2.75, 3.05) is 0 Å². The third-order valence-corrected chi connectivity index (χ3v) is 4.35. The zero-order chi connectivity index (χ0) is 13.9. The molecule has 0 bridgehead atoms. The lowest BCUT2D eigenvalue weighted by Crippen LogP contribution is -2.37. The first-order chi connectivity index (χ1) is 8.96. The number of nitrogens with one attached hydrogen (secondary N) is 1. The van der Waals surface area contributed by atoms with Crippen LogP contribution in [0.2, 0.25) is 0 Å². The molecule has 19 heavy (non-hydrogen) atoms. The van der Waals surface area contributed by atoms with Gasteiger partial charge in [-0.3, -0.25) is 0 Å². The van der Waals surface area contributed by atoms with Crippen molar-refractivity contribution < 1.29 is 9.53 Å². The van der Waals surface area contributed by atoms with Crippen LogP contribution < -0.4 is 5.32 Å². The van der Waals surface area contributed by atoms with Gasteiger partial charge in [0, 0.05) is 4.88 Å². The van der Waals surface area contributed by atoms with E-state index in [1.807, 2.05) is 26.8 Å². The Hall–Kier alpha value is -1.03. The second-order valence-electron chi connectivity index (χ2n) is 6.18. The Labute approximate surface area is 119 Å². The van der Waals surface area contributed by atoms with Crippen LogP contribution in [0.5, 0.6) is 0 Å². The summed E-state index contributed by atoms with van der Waals surface area (Å²) in [6.07, 6.45) is 4.61. The minimum absolute atomic E-state index is 0.109. The number of thiophene rings is 1. The van der Waals surface area contributed by atoms with Crippen molar-refractivity contribution in [1.82, 2.24) is 5.32 Å². The topological polar surface area (TPSA) is 38.3 Å². The Kier molecular flexibility index (Phi) is 4.50. The Bertz CT molecular complexity index is 402. The lowest BCUT2D eigenvalue weighted by molar-refractivity contribution is 0.0486. The summed E-state index contributed by atoms with van der Waals surface area (Å²) in [7, 11) is 0. The van der Waals surface area contributed by atoms with Gasteiger partial charge in [0.05, 0.1) is 6.04 Å². The van der Waals surface area contributed by atoms with Gasteiger partial charge in [-0.25, -0.2) is 4.79 Å². The fraction of sp³-hybridized carbons (Fsp3) is 0.667. The van der Waals surface area contributed by atoms with Crippen LogP contribution in [0.1, 0.15) is 57.4 Å². The highest BCUT2D eigenvalue weighted by Gasteiger charge is 2.29. The largest absolute Gasteiger partial charge is 0.444 e. The van der Waals surface area contributed by atoms with Gasteiger partial charge in [-0.15, -0.1) is 11.3 Å². The third-order valence-electron chi connectivity index (χ3n) is 3.39. The van der Waals surface area contributed by atoms with Crippen LogP contribution in [-0.2, 0) is 4.74 Å². The Morgan fingerprint density at radius 1 is 1.42 bits per heavy atom. The summed E-state index contributed by atoms with van der Waals surface area (Å²) in [5, 5.41) is 5.13. The van der Waals surface area contributed by atoms with Gasteiger partial charge < -0.3 is 10.1 Å². The lowest BCUT2D eigenvalue weighted by Gasteiger charge is -2.26. The summed E-state index contributed by atoms with van der Waals surface area (Å²) >= 11 is 1.71. The molecule has 1 unspecified atom stereocenters. The van der Waals surface area contributed by atoms with Gasteiger partial charge in [0.2, 0.25) is 0 Å². The minimum atomic E-state index is -0.445. The van der Waals surface area contributed by atoms with Crippen LogP contribution in [0.3, 0.4) is 0 Å². The number of alkyl carbamates (subject to hydrolysis) is 1. The van der Waals surface area contributed by atoms with Gasteiger partial charge >= 0.3 is 6.09 Å². The quantitative estimate of drug-likeness (QED) is 0.885.